The molecule has 0 radical (unpaired) electrons. The Kier molecular flexibility index (Phi) is 31.5. The van der Waals surface area contributed by atoms with Crippen LogP contribution in [0.2, 0.25) is 153 Å². The van der Waals surface area contributed by atoms with Crippen molar-refractivity contribution in [2.45, 2.75) is 270 Å². The van der Waals surface area contributed by atoms with Crippen molar-refractivity contribution in [3.8, 4) is 34.5 Å². The summed E-state index contributed by atoms with van der Waals surface area (Å²) in [4.78, 5) is 0. The Balaban J connectivity index is 0.000000341. The summed E-state index contributed by atoms with van der Waals surface area (Å²) in [6, 6.07) is 42.2. The van der Waals surface area contributed by atoms with E-state index in [2.05, 4.69) is 147 Å². The molecule has 0 amide bonds. The Bertz CT molecular complexity index is 3080. The van der Waals surface area contributed by atoms with Crippen LogP contribution in [0.5, 0.6) is 34.5 Å². The van der Waals surface area contributed by atoms with Gasteiger partial charge < -0.3 is 46.4 Å². The molecule has 1 aliphatic rings. The van der Waals surface area contributed by atoms with E-state index >= 15 is 0 Å². The lowest BCUT2D eigenvalue weighted by Gasteiger charge is -2.37. The van der Waals surface area contributed by atoms with Crippen molar-refractivity contribution in [2.75, 3.05) is 14.2 Å². The number of benzene rings is 5. The summed E-state index contributed by atoms with van der Waals surface area (Å²) in [5, 5.41) is 39.4. The van der Waals surface area contributed by atoms with E-state index in [4.69, 9.17) is 25.9 Å². The number of methoxy groups -OCH3 is 2. The van der Waals surface area contributed by atoms with Crippen LogP contribution < -0.4 is 9.47 Å². The number of ether oxygens (including phenoxy) is 2. The number of phenolic OH excluding ortho intramolecular Hbond substituents is 4. The van der Waals surface area contributed by atoms with Gasteiger partial charge in [0.25, 0.3) is 0 Å². The molecule has 10 nitrogen and oxygen atoms in total. The van der Waals surface area contributed by atoms with E-state index in [1.165, 1.54) is 103 Å². The first-order valence-electron chi connectivity index (χ1n) is 35.9. The monoisotopic (exact) mass is 1430 g/mol. The third kappa shape index (κ3) is 30.7. The molecule has 94 heavy (non-hydrogen) atoms. The zero-order valence-corrected chi connectivity index (χ0v) is 70.6. The molecule has 4 N–H and O–H groups in total. The normalized spacial score (nSPS) is 15.4. The van der Waals surface area contributed by atoms with Gasteiger partial charge in [0, 0.05) is 0 Å². The molecule has 1 fully saturated rings. The molecule has 0 saturated heterocycles. The molecular weight excluding hydrogens is 1300 g/mol. The fourth-order valence-corrected chi connectivity index (χ4v) is 49.8. The fourth-order valence-electron chi connectivity index (χ4n) is 14.4. The lowest BCUT2D eigenvalue weighted by atomic mass is 9.80. The molecule has 0 unspecified atom stereocenters. The second-order valence-corrected chi connectivity index (χ2v) is 68.4. The Hall–Kier alpha value is -3.52. The van der Waals surface area contributed by atoms with Gasteiger partial charge in [-0.1, -0.05) is 99.2 Å². The Labute approximate surface area is 580 Å². The maximum atomic E-state index is 9.88. The zero-order valence-electron chi connectivity index (χ0n) is 62.6. The largest absolute Gasteiger partial charge is 0.508 e. The topological polar surface area (TPSA) is 136 Å². The Morgan fingerprint density at radius 3 is 0.798 bits per heavy atom. The van der Waals surface area contributed by atoms with Crippen molar-refractivity contribution < 1.29 is 46.4 Å². The van der Waals surface area contributed by atoms with E-state index in [-0.39, 0.29) is 11.5 Å². The SMILES string of the molecule is COc1cc(CCC[Si](C)(C)O[Si](C)(C)CCC2CCC(CC[Si](C)(C)O[Si](C)(C)CCCc3ccc(O)c(C)c3)CC2)ccc1O.COc1cc(CCC[Si](C)(C)O[Si](C)(C)CCc2ccc(CC[Si](C)(C)O[Si](C)(C)CCCc3ccc(O)c(C)c3)cc2)ccc1O. The molecule has 5 aromatic rings. The number of phenols is 4. The van der Waals surface area contributed by atoms with Gasteiger partial charge in [-0.25, -0.2) is 0 Å². The number of aryl methyl sites for hydroxylation is 8. The maximum absolute atomic E-state index is 9.88. The first-order valence-corrected chi connectivity index (χ1v) is 60.8. The summed E-state index contributed by atoms with van der Waals surface area (Å²) in [5.74, 6) is 4.03. The molecule has 0 bridgehead atoms. The van der Waals surface area contributed by atoms with Gasteiger partial charge in [0.15, 0.2) is 89.5 Å². The Morgan fingerprint density at radius 1 is 0.298 bits per heavy atom. The highest BCUT2D eigenvalue weighted by atomic mass is 28.4. The van der Waals surface area contributed by atoms with Crippen LogP contribution in [0.25, 0.3) is 0 Å². The summed E-state index contributed by atoms with van der Waals surface area (Å²) in [6.07, 6.45) is 19.0. The van der Waals surface area contributed by atoms with Crippen LogP contribution in [0.15, 0.2) is 97.1 Å². The molecular formula is C76H130O10Si8. The molecule has 0 heterocycles. The van der Waals surface area contributed by atoms with E-state index < -0.39 is 66.5 Å². The second kappa shape index (κ2) is 36.5. The average Bonchev–Trinajstić information content (AvgIpc) is 1.10. The van der Waals surface area contributed by atoms with Gasteiger partial charge in [-0.3, -0.25) is 0 Å². The molecule has 0 aromatic heterocycles. The highest BCUT2D eigenvalue weighted by Gasteiger charge is 2.37. The van der Waals surface area contributed by atoms with Crippen LogP contribution in [0.4, 0.5) is 0 Å². The first-order chi connectivity index (χ1) is 43.7. The van der Waals surface area contributed by atoms with Crippen LogP contribution in [-0.4, -0.2) is 101 Å². The first kappa shape index (κ1) is 81.2. The van der Waals surface area contributed by atoms with Crippen molar-refractivity contribution in [2.24, 2.45) is 11.8 Å². The minimum Gasteiger partial charge on any atom is -0.508 e. The Morgan fingerprint density at radius 2 is 0.532 bits per heavy atom. The van der Waals surface area contributed by atoms with E-state index in [1.54, 1.807) is 26.4 Å². The smallest absolute Gasteiger partial charge is 0.173 e. The van der Waals surface area contributed by atoms with Crippen molar-refractivity contribution in [1.29, 1.82) is 0 Å². The highest BCUT2D eigenvalue weighted by Crippen LogP contribution is 2.39. The van der Waals surface area contributed by atoms with Gasteiger partial charge in [0.1, 0.15) is 11.5 Å². The van der Waals surface area contributed by atoms with Crippen molar-refractivity contribution >= 4 is 66.5 Å². The number of rotatable bonds is 38. The van der Waals surface area contributed by atoms with Gasteiger partial charge in [-0.2, -0.15) is 0 Å². The van der Waals surface area contributed by atoms with Crippen molar-refractivity contribution in [3.05, 3.63) is 142 Å². The quantitative estimate of drug-likeness (QED) is 0.0283. The minimum absolute atomic E-state index is 0.193. The molecule has 526 valence electrons. The molecule has 1 aliphatic carbocycles. The average molecular weight is 1430 g/mol. The van der Waals surface area contributed by atoms with E-state index in [0.29, 0.717) is 23.0 Å². The van der Waals surface area contributed by atoms with Gasteiger partial charge >= 0.3 is 0 Å². The van der Waals surface area contributed by atoms with Gasteiger partial charge in [-0.05, 0) is 324 Å². The lowest BCUT2D eigenvalue weighted by molar-refractivity contribution is 0.260. The highest BCUT2D eigenvalue weighted by molar-refractivity contribution is 6.86. The third-order valence-corrected chi connectivity index (χ3v) is 49.3. The molecule has 5 aromatic carbocycles. The molecule has 6 rings (SSSR count). The number of hydrogen-bond donors (Lipinski definition) is 4. The van der Waals surface area contributed by atoms with Crippen LogP contribution in [-0.2, 0) is 55.0 Å². The van der Waals surface area contributed by atoms with Gasteiger partial charge in [0.05, 0.1) is 14.2 Å². The summed E-state index contributed by atoms with van der Waals surface area (Å²) in [5.41, 5.74) is 9.77. The van der Waals surface area contributed by atoms with E-state index in [1.807, 2.05) is 56.3 Å². The van der Waals surface area contributed by atoms with Crippen LogP contribution in [0.3, 0.4) is 0 Å². The van der Waals surface area contributed by atoms with Crippen LogP contribution in [0, 0.1) is 25.7 Å². The van der Waals surface area contributed by atoms with Crippen molar-refractivity contribution in [1.82, 2.24) is 0 Å². The number of hydrogen-bond acceptors (Lipinski definition) is 10. The molecule has 0 spiro atoms. The second-order valence-electron chi connectivity index (χ2n) is 32.9. The van der Waals surface area contributed by atoms with Gasteiger partial charge in [-0.15, -0.1) is 0 Å². The summed E-state index contributed by atoms with van der Waals surface area (Å²) in [6.45, 7) is 42.4. The molecule has 18 heteroatoms. The predicted octanol–water partition coefficient (Wildman–Crippen LogP) is 22.0. The third-order valence-electron chi connectivity index (χ3n) is 19.5. The summed E-state index contributed by atoms with van der Waals surface area (Å²) >= 11 is 0. The van der Waals surface area contributed by atoms with Gasteiger partial charge in [0.2, 0.25) is 0 Å². The lowest BCUT2D eigenvalue weighted by Crippen LogP contribution is -2.44. The van der Waals surface area contributed by atoms with E-state index in [9.17, 15) is 20.4 Å². The van der Waals surface area contributed by atoms with Crippen molar-refractivity contribution in [3.63, 3.8) is 0 Å². The van der Waals surface area contributed by atoms with Crippen LogP contribution in [0.1, 0.15) is 109 Å². The molecule has 1 saturated carbocycles. The van der Waals surface area contributed by atoms with Crippen LogP contribution >= 0.6 is 0 Å². The molecule has 0 atom stereocenters. The standard InChI is InChI=1S/C38H68O5Si4.C38H62O5Si4/c2*1-31-29-34(19-21-36(31)39)13-11-25-44(3,4)42-46(7,8)27-23-32-15-17-33(18-16-32)24-28-47(9,10)43-45(5,6)26-12-14-35-20-22-37(40)38(30-35)41-2/h19-22,29-30,32-33,39-40H,11-18,23-28H2,1-10H3;15-22,29-30,39-40H,11-14,23-28H2,1-10H3. The fraction of sp³-hybridized carbons (Fsp3) is 0.605. The zero-order chi connectivity index (χ0) is 69.8. The van der Waals surface area contributed by atoms with E-state index in [0.717, 1.165) is 105 Å². The molecule has 0 aliphatic heterocycles. The number of aromatic hydroxyl groups is 4. The maximum Gasteiger partial charge on any atom is 0.173 e. The summed E-state index contributed by atoms with van der Waals surface area (Å²) < 4.78 is 38.5. The summed E-state index contributed by atoms with van der Waals surface area (Å²) in [7, 11) is -10.7. The minimum atomic E-state index is -1.79. The predicted molar refractivity (Wildman–Crippen MR) is 419 cm³/mol.